The largest absolute Gasteiger partial charge is 0.497 e. The van der Waals surface area contributed by atoms with Gasteiger partial charge in [0.25, 0.3) is 15.9 Å². The van der Waals surface area contributed by atoms with Crippen molar-refractivity contribution in [3.63, 3.8) is 0 Å². The van der Waals surface area contributed by atoms with E-state index in [4.69, 9.17) is 25.8 Å². The Labute approximate surface area is 202 Å². The highest BCUT2D eigenvalue weighted by Crippen LogP contribution is 2.50. The van der Waals surface area contributed by atoms with E-state index >= 15 is 0 Å². The first-order chi connectivity index (χ1) is 16.2. The maximum absolute atomic E-state index is 13.8. The lowest BCUT2D eigenvalue weighted by molar-refractivity contribution is -0.131. The first kappa shape index (κ1) is 23.9. The number of para-hydroxylation sites is 1. The Morgan fingerprint density at radius 1 is 0.971 bits per heavy atom. The number of ether oxygens (including phenoxy) is 3. The number of rotatable bonds is 7. The van der Waals surface area contributed by atoms with Gasteiger partial charge in [0.2, 0.25) is 5.60 Å². The van der Waals surface area contributed by atoms with Gasteiger partial charge in [-0.25, -0.2) is 8.42 Å². The molecule has 1 heterocycles. The molecule has 1 aliphatic heterocycles. The molecule has 0 radical (unpaired) electrons. The summed E-state index contributed by atoms with van der Waals surface area (Å²) in [6.45, 7) is 2.03. The van der Waals surface area contributed by atoms with E-state index in [1.54, 1.807) is 25.1 Å². The number of nitrogens with zero attached hydrogens (tertiary/aromatic N) is 1. The molecule has 1 atom stereocenters. The number of amides is 1. The predicted octanol–water partition coefficient (Wildman–Crippen LogP) is 3.73. The van der Waals surface area contributed by atoms with Crippen molar-refractivity contribution in [2.45, 2.75) is 17.4 Å². The molecule has 1 amide bonds. The Morgan fingerprint density at radius 2 is 1.71 bits per heavy atom. The second-order valence-corrected chi connectivity index (χ2v) is 9.58. The van der Waals surface area contributed by atoms with E-state index < -0.39 is 21.5 Å². The van der Waals surface area contributed by atoms with E-state index in [0.717, 1.165) is 0 Å². The van der Waals surface area contributed by atoms with Crippen molar-refractivity contribution in [1.82, 2.24) is 0 Å². The summed E-state index contributed by atoms with van der Waals surface area (Å²) in [6, 6.07) is 14.7. The minimum absolute atomic E-state index is 0.0205. The molecule has 0 aliphatic carbocycles. The average molecular weight is 504 g/mol. The van der Waals surface area contributed by atoms with Crippen molar-refractivity contribution in [3.05, 3.63) is 76.8 Å². The van der Waals surface area contributed by atoms with Gasteiger partial charge in [-0.2, -0.15) is 4.31 Å². The zero-order valence-electron chi connectivity index (χ0n) is 18.6. The molecule has 1 aliphatic rings. The van der Waals surface area contributed by atoms with Crippen LogP contribution in [0.25, 0.3) is 0 Å². The Morgan fingerprint density at radius 3 is 2.38 bits per heavy atom. The fraction of sp³-hybridized carbons (Fsp3) is 0.208. The first-order valence-corrected chi connectivity index (χ1v) is 12.1. The lowest BCUT2D eigenvalue weighted by atomic mass is 9.87. The molecule has 1 N–H and O–H groups in total. The molecule has 0 aromatic heterocycles. The molecule has 178 valence electrons. The van der Waals surface area contributed by atoms with Gasteiger partial charge in [0.15, 0.2) is 0 Å². The summed E-state index contributed by atoms with van der Waals surface area (Å²) in [7, 11) is -1.79. The average Bonchev–Trinajstić information content (AvgIpc) is 3.06. The molecule has 0 saturated carbocycles. The van der Waals surface area contributed by atoms with Gasteiger partial charge in [0, 0.05) is 22.2 Å². The normalized spacial score (nSPS) is 17.4. The molecule has 0 saturated heterocycles. The fourth-order valence-electron chi connectivity index (χ4n) is 3.98. The molecule has 1 unspecified atom stereocenters. The third-order valence-electron chi connectivity index (χ3n) is 5.53. The number of carbonyl (C=O) groups is 1. The van der Waals surface area contributed by atoms with Crippen LogP contribution < -0.4 is 18.5 Å². The third kappa shape index (κ3) is 3.56. The highest BCUT2D eigenvalue weighted by molar-refractivity contribution is 7.93. The van der Waals surface area contributed by atoms with Crippen molar-refractivity contribution in [1.29, 1.82) is 0 Å². The van der Waals surface area contributed by atoms with Gasteiger partial charge in [0.1, 0.15) is 22.1 Å². The zero-order chi connectivity index (χ0) is 24.7. The number of hydrogen-bond donors (Lipinski definition) is 1. The van der Waals surface area contributed by atoms with E-state index in [0.29, 0.717) is 10.1 Å². The molecule has 0 spiro atoms. The lowest BCUT2D eigenvalue weighted by Gasteiger charge is -2.25. The summed E-state index contributed by atoms with van der Waals surface area (Å²) in [5.41, 5.74) is -2.27. The molecular weight excluding hydrogens is 482 g/mol. The number of fused-ring (bicyclic) bond motifs is 1. The van der Waals surface area contributed by atoms with Gasteiger partial charge in [-0.1, -0.05) is 29.8 Å². The number of benzene rings is 3. The van der Waals surface area contributed by atoms with Gasteiger partial charge in [-0.05, 0) is 43.3 Å². The van der Waals surface area contributed by atoms with Gasteiger partial charge in [0.05, 0.1) is 26.5 Å². The van der Waals surface area contributed by atoms with Crippen molar-refractivity contribution in [2.75, 3.05) is 25.1 Å². The standard InChI is InChI=1S/C24H22ClNO7S/c1-4-33-20-8-6-5-7-17(20)24(28)18-13-15(25)9-11-19(18)26(23(24)27)34(29,30)22-12-10-16(31-2)14-21(22)32-3/h5-14,28H,4H2,1-3H3. The van der Waals surface area contributed by atoms with E-state index in [2.05, 4.69) is 0 Å². The van der Waals surface area contributed by atoms with Crippen LogP contribution in [0.4, 0.5) is 5.69 Å². The molecular formula is C24H22ClNO7S. The summed E-state index contributed by atoms with van der Waals surface area (Å²) in [4.78, 5) is 13.6. The monoisotopic (exact) mass is 503 g/mol. The van der Waals surface area contributed by atoms with E-state index in [1.807, 2.05) is 0 Å². The van der Waals surface area contributed by atoms with Crippen molar-refractivity contribution in [2.24, 2.45) is 0 Å². The molecule has 3 aromatic rings. The lowest BCUT2D eigenvalue weighted by Crippen LogP contribution is -2.44. The molecule has 0 fully saturated rings. The highest BCUT2D eigenvalue weighted by Gasteiger charge is 2.56. The summed E-state index contributed by atoms with van der Waals surface area (Å²) in [6.07, 6.45) is 0. The number of halogens is 1. The van der Waals surface area contributed by atoms with Crippen molar-refractivity contribution < 1.29 is 32.5 Å². The Bertz CT molecular complexity index is 1380. The summed E-state index contributed by atoms with van der Waals surface area (Å²) in [5, 5.41) is 12.1. The van der Waals surface area contributed by atoms with Crippen LogP contribution >= 0.6 is 11.6 Å². The number of aliphatic hydroxyl groups is 1. The van der Waals surface area contributed by atoms with Crippen molar-refractivity contribution >= 4 is 33.2 Å². The minimum Gasteiger partial charge on any atom is -0.497 e. The number of anilines is 1. The molecule has 8 nitrogen and oxygen atoms in total. The first-order valence-electron chi connectivity index (χ1n) is 10.3. The summed E-state index contributed by atoms with van der Waals surface area (Å²) >= 11 is 6.19. The predicted molar refractivity (Wildman–Crippen MR) is 126 cm³/mol. The van der Waals surface area contributed by atoms with Gasteiger partial charge >= 0.3 is 0 Å². The SMILES string of the molecule is CCOc1ccccc1C1(O)C(=O)N(S(=O)(=O)c2ccc(OC)cc2OC)c2ccc(Cl)cc21. The van der Waals surface area contributed by atoms with E-state index in [-0.39, 0.29) is 44.8 Å². The van der Waals surface area contributed by atoms with Gasteiger partial charge in [-0.15, -0.1) is 0 Å². The second kappa shape index (κ2) is 8.83. The number of sulfonamides is 1. The van der Waals surface area contributed by atoms with Gasteiger partial charge < -0.3 is 19.3 Å². The second-order valence-electron chi connectivity index (χ2n) is 7.39. The molecule has 3 aromatic carbocycles. The van der Waals surface area contributed by atoms with Gasteiger partial charge in [-0.3, -0.25) is 4.79 Å². The molecule has 34 heavy (non-hydrogen) atoms. The molecule has 10 heteroatoms. The van der Waals surface area contributed by atoms with Crippen LogP contribution in [-0.4, -0.2) is 40.3 Å². The topological polar surface area (TPSA) is 102 Å². The van der Waals surface area contributed by atoms with Crippen LogP contribution in [0.3, 0.4) is 0 Å². The smallest absolute Gasteiger partial charge is 0.282 e. The number of carbonyl (C=O) groups excluding carboxylic acids is 1. The van der Waals surface area contributed by atoms with Crippen molar-refractivity contribution in [3.8, 4) is 17.2 Å². The number of hydrogen-bond acceptors (Lipinski definition) is 7. The van der Waals surface area contributed by atoms with Crippen LogP contribution in [-0.2, 0) is 20.4 Å². The Hall–Kier alpha value is -3.27. The highest BCUT2D eigenvalue weighted by atomic mass is 35.5. The maximum Gasteiger partial charge on any atom is 0.282 e. The summed E-state index contributed by atoms with van der Waals surface area (Å²) in [5.74, 6) is -0.492. The quantitative estimate of drug-likeness (QED) is 0.524. The van der Waals surface area contributed by atoms with Crippen LogP contribution in [0.15, 0.2) is 65.6 Å². The number of methoxy groups -OCH3 is 2. The Kier molecular flexibility index (Phi) is 6.20. The van der Waals surface area contributed by atoms with Crippen LogP contribution in [0.5, 0.6) is 17.2 Å². The molecule has 0 bridgehead atoms. The zero-order valence-corrected chi connectivity index (χ0v) is 20.2. The fourth-order valence-corrected chi connectivity index (χ4v) is 5.75. The van der Waals surface area contributed by atoms with Crippen LogP contribution in [0.2, 0.25) is 5.02 Å². The molecule has 4 rings (SSSR count). The van der Waals surface area contributed by atoms with E-state index in [1.165, 1.54) is 56.7 Å². The van der Waals surface area contributed by atoms with Crippen LogP contribution in [0, 0.1) is 0 Å². The summed E-state index contributed by atoms with van der Waals surface area (Å²) < 4.78 is 44.2. The van der Waals surface area contributed by atoms with Crippen LogP contribution in [0.1, 0.15) is 18.1 Å². The Balaban J connectivity index is 1.97. The van der Waals surface area contributed by atoms with E-state index in [9.17, 15) is 18.3 Å². The third-order valence-corrected chi connectivity index (χ3v) is 7.50. The maximum atomic E-state index is 13.8. The minimum atomic E-state index is -4.53.